The Balaban J connectivity index is 3.29. The zero-order valence-electron chi connectivity index (χ0n) is 16.3. The molecule has 2 N–H and O–H groups in total. The average Bonchev–Trinajstić information content (AvgIpc) is 2.59. The molecule has 146 valence electrons. The van der Waals surface area contributed by atoms with Crippen LogP contribution in [0.4, 0.5) is 0 Å². The molecule has 0 aliphatic carbocycles. The van der Waals surface area contributed by atoms with E-state index in [0.717, 1.165) is 38.5 Å². The lowest BCUT2D eigenvalue weighted by molar-refractivity contribution is -0.132. The number of carbonyl (C=O) groups is 1. The Bertz CT molecular complexity index is 360. The second kappa shape index (κ2) is 17.7. The van der Waals surface area contributed by atoms with Crippen LogP contribution in [0.1, 0.15) is 103 Å². The standard InChI is InChI=1S/C22H40O3/c1-3-4-5-15-18-21(23)19-16-13-11-9-7-6-8-10-12-14-17-20(2)22(24)25/h13,16,21,23H,2-12,14-15,17-19H2,1H3,(H,24,25)/t21-/m1/s1. The van der Waals surface area contributed by atoms with Crippen molar-refractivity contribution in [2.75, 3.05) is 0 Å². The quantitative estimate of drug-likeness (QED) is 0.170. The van der Waals surface area contributed by atoms with E-state index in [2.05, 4.69) is 25.7 Å². The van der Waals surface area contributed by atoms with Gasteiger partial charge in [0.05, 0.1) is 6.10 Å². The molecule has 3 heteroatoms. The molecule has 0 saturated carbocycles. The minimum atomic E-state index is -0.864. The smallest absolute Gasteiger partial charge is 0.330 e. The zero-order valence-corrected chi connectivity index (χ0v) is 16.3. The van der Waals surface area contributed by atoms with Crippen LogP contribution in [-0.2, 0) is 4.79 Å². The fraction of sp³-hybridized carbons (Fsp3) is 0.773. The van der Waals surface area contributed by atoms with Crippen LogP contribution < -0.4 is 0 Å². The molecule has 0 aromatic rings. The third kappa shape index (κ3) is 17.5. The van der Waals surface area contributed by atoms with E-state index in [1.807, 2.05) is 0 Å². The summed E-state index contributed by atoms with van der Waals surface area (Å²) in [6.07, 6.45) is 20.8. The van der Waals surface area contributed by atoms with Crippen molar-refractivity contribution in [2.24, 2.45) is 0 Å². The highest BCUT2D eigenvalue weighted by Crippen LogP contribution is 2.13. The number of aliphatic carboxylic acids is 1. The molecule has 0 aromatic carbocycles. The van der Waals surface area contributed by atoms with Crippen molar-refractivity contribution in [2.45, 2.75) is 109 Å². The third-order valence-corrected chi connectivity index (χ3v) is 4.62. The number of aliphatic hydroxyl groups is 1. The number of hydrogen-bond donors (Lipinski definition) is 2. The van der Waals surface area contributed by atoms with Crippen LogP contribution in [0, 0.1) is 0 Å². The maximum Gasteiger partial charge on any atom is 0.330 e. The molecule has 0 bridgehead atoms. The van der Waals surface area contributed by atoms with Gasteiger partial charge in [0.15, 0.2) is 0 Å². The van der Waals surface area contributed by atoms with E-state index in [1.54, 1.807) is 0 Å². The van der Waals surface area contributed by atoms with Gasteiger partial charge in [0.1, 0.15) is 0 Å². The number of carboxylic acid groups (broad SMARTS) is 1. The third-order valence-electron chi connectivity index (χ3n) is 4.62. The molecule has 0 heterocycles. The summed E-state index contributed by atoms with van der Waals surface area (Å²) in [4.78, 5) is 10.6. The van der Waals surface area contributed by atoms with Crippen molar-refractivity contribution in [3.05, 3.63) is 24.3 Å². The van der Waals surface area contributed by atoms with Crippen molar-refractivity contribution in [3.63, 3.8) is 0 Å². The van der Waals surface area contributed by atoms with Crippen LogP contribution >= 0.6 is 0 Å². The molecule has 0 amide bonds. The van der Waals surface area contributed by atoms with Gasteiger partial charge in [-0.25, -0.2) is 4.79 Å². The molecule has 0 unspecified atom stereocenters. The summed E-state index contributed by atoms with van der Waals surface area (Å²) < 4.78 is 0. The molecule has 0 spiro atoms. The zero-order chi connectivity index (χ0) is 18.8. The van der Waals surface area contributed by atoms with Crippen LogP contribution in [0.3, 0.4) is 0 Å². The van der Waals surface area contributed by atoms with Gasteiger partial charge in [-0.05, 0) is 38.5 Å². The van der Waals surface area contributed by atoms with Gasteiger partial charge >= 0.3 is 5.97 Å². The first kappa shape index (κ1) is 23.9. The Labute approximate surface area is 155 Å². The summed E-state index contributed by atoms with van der Waals surface area (Å²) in [7, 11) is 0. The SMILES string of the molecule is C=C(CCCCCCCCCC=CC[C@H](O)CCCCCC)C(=O)O. The Kier molecular flexibility index (Phi) is 17.0. The van der Waals surface area contributed by atoms with E-state index in [9.17, 15) is 9.90 Å². The number of unbranched alkanes of at least 4 members (excludes halogenated alkanes) is 10. The van der Waals surface area contributed by atoms with E-state index in [-0.39, 0.29) is 6.10 Å². The van der Waals surface area contributed by atoms with Gasteiger partial charge in [0.2, 0.25) is 0 Å². The van der Waals surface area contributed by atoms with Crippen LogP contribution in [-0.4, -0.2) is 22.3 Å². The van der Waals surface area contributed by atoms with Crippen molar-refractivity contribution < 1.29 is 15.0 Å². The monoisotopic (exact) mass is 352 g/mol. The highest BCUT2D eigenvalue weighted by atomic mass is 16.4. The molecule has 0 aliphatic heterocycles. The molecule has 25 heavy (non-hydrogen) atoms. The molecule has 0 saturated heterocycles. The lowest BCUT2D eigenvalue weighted by Crippen LogP contribution is -2.04. The Morgan fingerprint density at radius 1 is 0.920 bits per heavy atom. The van der Waals surface area contributed by atoms with Gasteiger partial charge in [-0.1, -0.05) is 83.4 Å². The summed E-state index contributed by atoms with van der Waals surface area (Å²) in [6, 6.07) is 0. The van der Waals surface area contributed by atoms with Crippen LogP contribution in [0.25, 0.3) is 0 Å². The summed E-state index contributed by atoms with van der Waals surface area (Å²) in [5, 5.41) is 18.6. The van der Waals surface area contributed by atoms with E-state index in [1.165, 1.54) is 51.4 Å². The highest BCUT2D eigenvalue weighted by molar-refractivity contribution is 5.85. The van der Waals surface area contributed by atoms with Crippen molar-refractivity contribution in [1.29, 1.82) is 0 Å². The Morgan fingerprint density at radius 3 is 2.16 bits per heavy atom. The topological polar surface area (TPSA) is 57.5 Å². The van der Waals surface area contributed by atoms with Gasteiger partial charge in [-0.15, -0.1) is 0 Å². The lowest BCUT2D eigenvalue weighted by Gasteiger charge is -2.07. The van der Waals surface area contributed by atoms with E-state index in [0.29, 0.717) is 12.0 Å². The van der Waals surface area contributed by atoms with Gasteiger partial charge in [0.25, 0.3) is 0 Å². The Morgan fingerprint density at radius 2 is 1.52 bits per heavy atom. The number of carboxylic acids is 1. The number of allylic oxidation sites excluding steroid dienone is 1. The average molecular weight is 353 g/mol. The molecule has 0 radical (unpaired) electrons. The lowest BCUT2D eigenvalue weighted by atomic mass is 10.0. The first-order valence-corrected chi connectivity index (χ1v) is 10.3. The molecule has 0 aliphatic rings. The van der Waals surface area contributed by atoms with Gasteiger partial charge in [0, 0.05) is 5.57 Å². The number of rotatable bonds is 18. The predicted molar refractivity (Wildman–Crippen MR) is 107 cm³/mol. The molecule has 0 rings (SSSR count). The summed E-state index contributed by atoms with van der Waals surface area (Å²) in [6.45, 7) is 5.76. The molecular weight excluding hydrogens is 312 g/mol. The van der Waals surface area contributed by atoms with E-state index >= 15 is 0 Å². The van der Waals surface area contributed by atoms with Crippen molar-refractivity contribution >= 4 is 5.97 Å². The summed E-state index contributed by atoms with van der Waals surface area (Å²) in [5.41, 5.74) is 0.331. The number of aliphatic hydroxyl groups excluding tert-OH is 1. The maximum atomic E-state index is 10.6. The Hall–Kier alpha value is -1.09. The summed E-state index contributed by atoms with van der Waals surface area (Å²) >= 11 is 0. The first-order chi connectivity index (χ1) is 12.1. The second-order valence-electron chi connectivity index (χ2n) is 7.13. The molecular formula is C22H40O3. The predicted octanol–water partition coefficient (Wildman–Crippen LogP) is 6.42. The molecule has 0 fully saturated rings. The molecule has 1 atom stereocenters. The van der Waals surface area contributed by atoms with Gasteiger partial charge < -0.3 is 10.2 Å². The van der Waals surface area contributed by atoms with Crippen molar-refractivity contribution in [1.82, 2.24) is 0 Å². The first-order valence-electron chi connectivity index (χ1n) is 10.3. The van der Waals surface area contributed by atoms with Gasteiger partial charge in [-0.2, -0.15) is 0 Å². The van der Waals surface area contributed by atoms with E-state index in [4.69, 9.17) is 5.11 Å². The van der Waals surface area contributed by atoms with Crippen LogP contribution in [0.5, 0.6) is 0 Å². The largest absolute Gasteiger partial charge is 0.478 e. The van der Waals surface area contributed by atoms with Crippen LogP contribution in [0.15, 0.2) is 24.3 Å². The second-order valence-corrected chi connectivity index (χ2v) is 7.13. The maximum absolute atomic E-state index is 10.6. The minimum absolute atomic E-state index is 0.162. The normalized spacial score (nSPS) is 12.6. The minimum Gasteiger partial charge on any atom is -0.478 e. The van der Waals surface area contributed by atoms with E-state index < -0.39 is 5.97 Å². The van der Waals surface area contributed by atoms with Crippen LogP contribution in [0.2, 0.25) is 0 Å². The molecule has 0 aromatic heterocycles. The summed E-state index contributed by atoms with van der Waals surface area (Å²) in [5.74, 6) is -0.864. The van der Waals surface area contributed by atoms with Crippen molar-refractivity contribution in [3.8, 4) is 0 Å². The highest BCUT2D eigenvalue weighted by Gasteiger charge is 2.02. The fourth-order valence-corrected chi connectivity index (χ4v) is 2.89. The van der Waals surface area contributed by atoms with Gasteiger partial charge in [-0.3, -0.25) is 0 Å². The fourth-order valence-electron chi connectivity index (χ4n) is 2.89. The number of hydrogen-bond acceptors (Lipinski definition) is 2. The molecule has 3 nitrogen and oxygen atoms in total.